The molecular weight excluding hydrogens is 478 g/mol. The van der Waals surface area contributed by atoms with Crippen LogP contribution >= 0.6 is 0 Å². The van der Waals surface area contributed by atoms with E-state index in [-0.39, 0.29) is 12.8 Å². The summed E-state index contributed by atoms with van der Waals surface area (Å²) < 4.78 is 0. The predicted octanol–water partition coefficient (Wildman–Crippen LogP) is -2.57. The molecule has 2 aromatic rings. The topological polar surface area (TPSA) is 244 Å². The number of fused-ring (bicyclic) bond motifs is 1. The number of carbonyl (C=O) groups is 5. The number of nitrogens with one attached hydrogen (secondary N) is 4. The molecule has 0 aliphatic heterocycles. The molecule has 0 saturated carbocycles. The molecule has 0 fully saturated rings. The Kier molecular flexibility index (Phi) is 10.3. The van der Waals surface area contributed by atoms with Crippen molar-refractivity contribution in [3.05, 3.63) is 36.0 Å². The average molecular weight is 508 g/mol. The van der Waals surface area contributed by atoms with Gasteiger partial charge in [-0.25, -0.2) is 4.79 Å². The zero-order chi connectivity index (χ0) is 26.8. The Bertz CT molecular complexity index is 1100. The van der Waals surface area contributed by atoms with Crippen molar-refractivity contribution in [1.29, 1.82) is 0 Å². The number of H-pyrrole nitrogens is 1. The smallest absolute Gasteiger partial charge is 0.328 e. The number of carboxylic acids is 2. The Morgan fingerprint density at radius 1 is 0.861 bits per heavy atom. The largest absolute Gasteiger partial charge is 0.481 e. The van der Waals surface area contributed by atoms with E-state index in [9.17, 15) is 29.1 Å². The number of hydrogen-bond acceptors (Lipinski definition) is 8. The first-order valence-corrected chi connectivity index (χ1v) is 10.9. The number of hydrogen-bond donors (Lipinski definition) is 9. The Morgan fingerprint density at radius 3 is 2.08 bits per heavy atom. The molecule has 4 atom stereocenters. The van der Waals surface area contributed by atoms with Gasteiger partial charge >= 0.3 is 11.9 Å². The van der Waals surface area contributed by atoms with Gasteiger partial charge in [-0.15, -0.1) is 0 Å². The van der Waals surface area contributed by atoms with Gasteiger partial charge in [0.2, 0.25) is 17.7 Å². The van der Waals surface area contributed by atoms with Crippen LogP contribution in [0.2, 0.25) is 0 Å². The molecule has 36 heavy (non-hydrogen) atoms. The number of rotatable bonds is 14. The lowest BCUT2D eigenvalue weighted by Crippen LogP contribution is -2.58. The highest BCUT2D eigenvalue weighted by atomic mass is 16.4. The summed E-state index contributed by atoms with van der Waals surface area (Å²) in [7, 11) is 0. The zero-order valence-corrected chi connectivity index (χ0v) is 19.1. The zero-order valence-electron chi connectivity index (χ0n) is 19.1. The Labute approximate surface area is 204 Å². The molecular formula is C22H29N5O9. The first-order valence-electron chi connectivity index (χ1n) is 10.9. The number of carboxylic acid groups (broad SMARTS) is 2. The highest BCUT2D eigenvalue weighted by molar-refractivity contribution is 5.95. The van der Waals surface area contributed by atoms with Crippen molar-refractivity contribution in [2.75, 3.05) is 13.2 Å². The molecule has 1 aromatic carbocycles. The molecule has 0 radical (unpaired) electrons. The van der Waals surface area contributed by atoms with Crippen molar-refractivity contribution in [3.63, 3.8) is 0 Å². The maximum atomic E-state index is 13.0. The van der Waals surface area contributed by atoms with Crippen molar-refractivity contribution in [1.82, 2.24) is 20.9 Å². The van der Waals surface area contributed by atoms with Gasteiger partial charge in [-0.3, -0.25) is 19.2 Å². The highest BCUT2D eigenvalue weighted by Crippen LogP contribution is 2.19. The van der Waals surface area contributed by atoms with Crippen LogP contribution in [0.1, 0.15) is 18.4 Å². The standard InChI is InChI=1S/C22H29N5O9/c23-13(9-28)19(32)25-15(5-6-18(30)31)20(33)26-16(21(34)27-17(10-29)22(35)36)7-11-8-24-14-4-2-1-3-12(11)14/h1-4,8,13,15-17,24,28-29H,5-7,9-10,23H2,(H,25,32)(H,26,33)(H,27,34)(H,30,31)(H,35,36). The fraction of sp³-hybridized carbons (Fsp3) is 0.409. The van der Waals surface area contributed by atoms with E-state index >= 15 is 0 Å². The molecule has 0 aliphatic rings. The normalized spacial score (nSPS) is 14.3. The first-order chi connectivity index (χ1) is 17.1. The van der Waals surface area contributed by atoms with E-state index < -0.39 is 73.5 Å². The Hall–Kier alpha value is -4.01. The second-order valence-corrected chi connectivity index (χ2v) is 7.99. The number of aliphatic hydroxyl groups excluding tert-OH is 2. The van der Waals surface area contributed by atoms with Crippen LogP contribution in [0, 0.1) is 0 Å². The molecule has 0 bridgehead atoms. The van der Waals surface area contributed by atoms with Crippen LogP contribution in [-0.2, 0) is 30.4 Å². The van der Waals surface area contributed by atoms with Crippen LogP contribution < -0.4 is 21.7 Å². The number of para-hydroxylation sites is 1. The van der Waals surface area contributed by atoms with Gasteiger partial charge in [0.15, 0.2) is 0 Å². The van der Waals surface area contributed by atoms with Crippen molar-refractivity contribution < 1.29 is 44.4 Å². The van der Waals surface area contributed by atoms with Crippen LogP contribution in [-0.4, -0.2) is 92.5 Å². The lowest BCUT2D eigenvalue weighted by molar-refractivity contribution is -0.143. The maximum Gasteiger partial charge on any atom is 0.328 e. The van der Waals surface area contributed by atoms with Gasteiger partial charge < -0.3 is 47.1 Å². The lowest BCUT2D eigenvalue weighted by atomic mass is 10.0. The maximum absolute atomic E-state index is 13.0. The van der Waals surface area contributed by atoms with Gasteiger partial charge in [0.05, 0.1) is 13.2 Å². The van der Waals surface area contributed by atoms with E-state index in [1.165, 1.54) is 0 Å². The molecule has 196 valence electrons. The minimum atomic E-state index is -1.63. The molecule has 14 nitrogen and oxygen atoms in total. The van der Waals surface area contributed by atoms with E-state index in [0.717, 1.165) is 10.9 Å². The fourth-order valence-electron chi connectivity index (χ4n) is 3.36. The number of benzene rings is 1. The van der Waals surface area contributed by atoms with Crippen LogP contribution in [0.4, 0.5) is 0 Å². The predicted molar refractivity (Wildman–Crippen MR) is 124 cm³/mol. The summed E-state index contributed by atoms with van der Waals surface area (Å²) in [5.41, 5.74) is 6.81. The molecule has 0 saturated heterocycles. The van der Waals surface area contributed by atoms with Gasteiger partial charge in [0, 0.05) is 29.9 Å². The molecule has 2 rings (SSSR count). The number of carbonyl (C=O) groups excluding carboxylic acids is 3. The number of aliphatic carboxylic acids is 2. The van der Waals surface area contributed by atoms with Crippen molar-refractivity contribution in [2.45, 2.75) is 43.4 Å². The lowest BCUT2D eigenvalue weighted by Gasteiger charge is -2.24. The first kappa shape index (κ1) is 28.2. The SMILES string of the molecule is NC(CO)C(=O)NC(CCC(=O)O)C(=O)NC(Cc1c[nH]c2ccccc12)C(=O)NC(CO)C(=O)O. The van der Waals surface area contributed by atoms with Crippen LogP contribution in [0.25, 0.3) is 10.9 Å². The third-order valence-corrected chi connectivity index (χ3v) is 5.34. The van der Waals surface area contributed by atoms with Gasteiger partial charge in [-0.1, -0.05) is 18.2 Å². The average Bonchev–Trinajstić information content (AvgIpc) is 3.26. The second-order valence-electron chi connectivity index (χ2n) is 7.99. The third-order valence-electron chi connectivity index (χ3n) is 5.34. The van der Waals surface area contributed by atoms with Gasteiger partial charge in [-0.05, 0) is 18.1 Å². The Morgan fingerprint density at radius 2 is 1.47 bits per heavy atom. The molecule has 0 aliphatic carbocycles. The fourth-order valence-corrected chi connectivity index (χ4v) is 3.36. The quantitative estimate of drug-likeness (QED) is 0.129. The van der Waals surface area contributed by atoms with Crippen molar-refractivity contribution in [3.8, 4) is 0 Å². The molecule has 14 heteroatoms. The van der Waals surface area contributed by atoms with Crippen LogP contribution in [0.5, 0.6) is 0 Å². The minimum Gasteiger partial charge on any atom is -0.481 e. The van der Waals surface area contributed by atoms with Crippen LogP contribution in [0.3, 0.4) is 0 Å². The van der Waals surface area contributed by atoms with Gasteiger partial charge in [-0.2, -0.15) is 0 Å². The number of nitrogens with two attached hydrogens (primary N) is 1. The molecule has 10 N–H and O–H groups in total. The number of amides is 3. The summed E-state index contributed by atoms with van der Waals surface area (Å²) in [5.74, 6) is -5.50. The summed E-state index contributed by atoms with van der Waals surface area (Å²) in [4.78, 5) is 63.4. The van der Waals surface area contributed by atoms with Crippen molar-refractivity contribution >= 4 is 40.6 Å². The van der Waals surface area contributed by atoms with Gasteiger partial charge in [0.1, 0.15) is 24.2 Å². The van der Waals surface area contributed by atoms with E-state index in [1.54, 1.807) is 30.5 Å². The summed E-state index contributed by atoms with van der Waals surface area (Å²) in [6, 6.07) is 1.35. The number of aromatic amines is 1. The molecule has 1 aromatic heterocycles. The van der Waals surface area contributed by atoms with Crippen molar-refractivity contribution in [2.24, 2.45) is 5.73 Å². The van der Waals surface area contributed by atoms with E-state index in [0.29, 0.717) is 5.56 Å². The minimum absolute atomic E-state index is 0.102. The number of aliphatic hydroxyl groups is 2. The van der Waals surface area contributed by atoms with E-state index in [4.69, 9.17) is 21.1 Å². The molecule has 1 heterocycles. The summed E-state index contributed by atoms with van der Waals surface area (Å²) in [5, 5.41) is 44.1. The molecule has 3 amide bonds. The monoisotopic (exact) mass is 507 g/mol. The molecule has 0 spiro atoms. The second kappa shape index (κ2) is 13.2. The van der Waals surface area contributed by atoms with E-state index in [1.807, 2.05) is 0 Å². The molecule has 4 unspecified atom stereocenters. The summed E-state index contributed by atoms with van der Waals surface area (Å²) in [6.07, 6.45) is 0.662. The summed E-state index contributed by atoms with van der Waals surface area (Å²) >= 11 is 0. The third kappa shape index (κ3) is 7.76. The summed E-state index contributed by atoms with van der Waals surface area (Å²) in [6.45, 7) is -1.62. The highest BCUT2D eigenvalue weighted by Gasteiger charge is 2.31. The van der Waals surface area contributed by atoms with E-state index in [2.05, 4.69) is 20.9 Å². The van der Waals surface area contributed by atoms with Gasteiger partial charge in [0.25, 0.3) is 0 Å². The van der Waals surface area contributed by atoms with Crippen LogP contribution in [0.15, 0.2) is 30.5 Å². The Balaban J connectivity index is 2.31. The number of aromatic nitrogens is 1.